The predicted molar refractivity (Wildman–Crippen MR) is 123 cm³/mol. The third kappa shape index (κ3) is 4.76. The summed E-state index contributed by atoms with van der Waals surface area (Å²) in [6.45, 7) is 13.2. The SMILES string of the molecule is Cc1nc(CN2CCN(C(=O)CO)CC2(C)C)c2nc(C3CCC(C)(C)CC3)sc2n1. The van der Waals surface area contributed by atoms with Gasteiger partial charge in [0.25, 0.3) is 0 Å². The summed E-state index contributed by atoms with van der Waals surface area (Å²) < 4.78 is 0. The fourth-order valence-electron chi connectivity index (χ4n) is 4.92. The minimum absolute atomic E-state index is 0.201. The molecule has 170 valence electrons. The molecule has 2 aliphatic rings. The molecule has 1 aliphatic carbocycles. The van der Waals surface area contributed by atoms with Gasteiger partial charge in [0.1, 0.15) is 22.8 Å². The Balaban J connectivity index is 1.57. The zero-order valence-corrected chi connectivity index (χ0v) is 20.3. The molecule has 31 heavy (non-hydrogen) atoms. The quantitative estimate of drug-likeness (QED) is 0.776. The number of aryl methyl sites for hydroxylation is 1. The summed E-state index contributed by atoms with van der Waals surface area (Å²) in [5.41, 5.74) is 2.17. The fraction of sp³-hybridized carbons (Fsp3) is 0.739. The molecule has 2 aromatic heterocycles. The van der Waals surface area contributed by atoms with Crippen LogP contribution in [0.5, 0.6) is 0 Å². The molecule has 1 aliphatic heterocycles. The van der Waals surface area contributed by atoms with Gasteiger partial charge in [-0.1, -0.05) is 25.2 Å². The summed E-state index contributed by atoms with van der Waals surface area (Å²) in [4.78, 5) is 31.6. The molecule has 0 atom stereocenters. The predicted octanol–water partition coefficient (Wildman–Crippen LogP) is 3.49. The zero-order valence-electron chi connectivity index (χ0n) is 19.4. The Hall–Kier alpha value is -1.64. The third-order valence-corrected chi connectivity index (χ3v) is 8.16. The van der Waals surface area contributed by atoms with Gasteiger partial charge >= 0.3 is 0 Å². The van der Waals surface area contributed by atoms with Gasteiger partial charge in [-0.3, -0.25) is 9.69 Å². The second-order valence-electron chi connectivity index (χ2n) is 10.6. The number of amides is 1. The molecule has 1 N–H and O–H groups in total. The first-order chi connectivity index (χ1) is 14.6. The summed E-state index contributed by atoms with van der Waals surface area (Å²) in [6.07, 6.45) is 4.89. The van der Waals surface area contributed by atoms with E-state index in [9.17, 15) is 9.90 Å². The number of aliphatic hydroxyl groups is 1. The van der Waals surface area contributed by atoms with E-state index in [0.29, 0.717) is 31.0 Å². The topological polar surface area (TPSA) is 82.5 Å². The van der Waals surface area contributed by atoms with E-state index in [1.165, 1.54) is 30.7 Å². The van der Waals surface area contributed by atoms with Crippen LogP contribution in [-0.2, 0) is 11.3 Å². The molecule has 7 nitrogen and oxygen atoms in total. The van der Waals surface area contributed by atoms with Crippen molar-refractivity contribution in [2.24, 2.45) is 5.41 Å². The van der Waals surface area contributed by atoms with E-state index in [1.54, 1.807) is 16.2 Å². The van der Waals surface area contributed by atoms with Gasteiger partial charge in [0.2, 0.25) is 5.91 Å². The Labute approximate surface area is 188 Å². The van der Waals surface area contributed by atoms with Crippen molar-refractivity contribution >= 4 is 27.6 Å². The highest BCUT2D eigenvalue weighted by Crippen LogP contribution is 2.44. The lowest BCUT2D eigenvalue weighted by molar-refractivity contribution is -0.139. The van der Waals surface area contributed by atoms with E-state index in [1.807, 2.05) is 6.92 Å². The molecular weight excluding hydrogens is 410 g/mol. The normalized spacial score (nSPS) is 22.2. The first-order valence-electron chi connectivity index (χ1n) is 11.4. The number of thiazole rings is 1. The van der Waals surface area contributed by atoms with Crippen LogP contribution in [0, 0.1) is 12.3 Å². The van der Waals surface area contributed by atoms with Crippen molar-refractivity contribution in [1.82, 2.24) is 24.8 Å². The second-order valence-corrected chi connectivity index (χ2v) is 11.6. The summed E-state index contributed by atoms with van der Waals surface area (Å²) >= 11 is 1.74. The van der Waals surface area contributed by atoms with E-state index >= 15 is 0 Å². The average molecular weight is 446 g/mol. The van der Waals surface area contributed by atoms with Gasteiger partial charge in [-0.05, 0) is 51.9 Å². The number of aliphatic hydroxyl groups excluding tert-OH is 1. The monoisotopic (exact) mass is 445 g/mol. The van der Waals surface area contributed by atoms with Crippen molar-refractivity contribution in [3.05, 3.63) is 16.5 Å². The van der Waals surface area contributed by atoms with Crippen LogP contribution in [0.15, 0.2) is 0 Å². The molecule has 2 aromatic rings. The molecule has 3 heterocycles. The molecular formula is C23H35N5O2S. The van der Waals surface area contributed by atoms with Crippen molar-refractivity contribution in [3.8, 4) is 0 Å². The van der Waals surface area contributed by atoms with Crippen LogP contribution in [0.1, 0.15) is 75.8 Å². The van der Waals surface area contributed by atoms with Gasteiger partial charge in [-0.2, -0.15) is 0 Å². The van der Waals surface area contributed by atoms with E-state index in [-0.39, 0.29) is 11.4 Å². The number of carbonyl (C=O) groups is 1. The van der Waals surface area contributed by atoms with Crippen molar-refractivity contribution in [1.29, 1.82) is 0 Å². The van der Waals surface area contributed by atoms with Crippen molar-refractivity contribution < 1.29 is 9.90 Å². The van der Waals surface area contributed by atoms with E-state index in [2.05, 4.69) is 32.6 Å². The minimum Gasteiger partial charge on any atom is -0.387 e. The zero-order chi connectivity index (χ0) is 22.4. The molecule has 0 spiro atoms. The average Bonchev–Trinajstić information content (AvgIpc) is 3.12. The molecule has 2 fully saturated rings. The van der Waals surface area contributed by atoms with Gasteiger partial charge in [0.15, 0.2) is 0 Å². The Kier molecular flexibility index (Phi) is 6.09. The molecule has 1 amide bonds. The van der Waals surface area contributed by atoms with Crippen LogP contribution >= 0.6 is 11.3 Å². The lowest BCUT2D eigenvalue weighted by Gasteiger charge is -2.47. The van der Waals surface area contributed by atoms with E-state index < -0.39 is 6.61 Å². The van der Waals surface area contributed by atoms with Crippen molar-refractivity contribution in [2.45, 2.75) is 78.3 Å². The summed E-state index contributed by atoms with van der Waals surface area (Å²) in [5.74, 6) is 1.12. The maximum Gasteiger partial charge on any atom is 0.248 e. The van der Waals surface area contributed by atoms with Gasteiger partial charge in [0.05, 0.1) is 10.7 Å². The third-order valence-electron chi connectivity index (χ3n) is 7.05. The van der Waals surface area contributed by atoms with Gasteiger partial charge in [-0.15, -0.1) is 0 Å². The molecule has 1 saturated heterocycles. The lowest BCUT2D eigenvalue weighted by Crippen LogP contribution is -2.60. The Morgan fingerprint density at radius 3 is 2.48 bits per heavy atom. The molecule has 8 heteroatoms. The maximum absolute atomic E-state index is 12.0. The minimum atomic E-state index is -0.429. The highest BCUT2D eigenvalue weighted by Gasteiger charge is 2.36. The summed E-state index contributed by atoms with van der Waals surface area (Å²) in [6, 6.07) is 0. The van der Waals surface area contributed by atoms with Crippen LogP contribution < -0.4 is 0 Å². The standard InChI is InChI=1S/C23H35N5O2S/c1-15-24-17(12-28-11-10-27(18(30)13-29)14-23(28,4)5)19-21(25-15)31-20(26-19)16-6-8-22(2,3)9-7-16/h16,29H,6-14H2,1-5H3. The van der Waals surface area contributed by atoms with E-state index in [0.717, 1.165) is 28.4 Å². The van der Waals surface area contributed by atoms with E-state index in [4.69, 9.17) is 15.0 Å². The second kappa shape index (κ2) is 8.37. The fourth-order valence-corrected chi connectivity index (χ4v) is 6.10. The molecule has 0 aromatic carbocycles. The smallest absolute Gasteiger partial charge is 0.248 e. The first-order valence-corrected chi connectivity index (χ1v) is 12.2. The Morgan fingerprint density at radius 2 is 1.84 bits per heavy atom. The highest BCUT2D eigenvalue weighted by molar-refractivity contribution is 7.18. The molecule has 0 unspecified atom stereocenters. The summed E-state index contributed by atoms with van der Waals surface area (Å²) in [7, 11) is 0. The first kappa shape index (κ1) is 22.6. The van der Waals surface area contributed by atoms with Crippen LogP contribution in [0.4, 0.5) is 0 Å². The van der Waals surface area contributed by atoms with Crippen molar-refractivity contribution in [3.63, 3.8) is 0 Å². The van der Waals surface area contributed by atoms with Crippen molar-refractivity contribution in [2.75, 3.05) is 26.2 Å². The van der Waals surface area contributed by atoms with Gasteiger partial charge < -0.3 is 10.0 Å². The number of hydrogen-bond acceptors (Lipinski definition) is 7. The highest BCUT2D eigenvalue weighted by atomic mass is 32.1. The molecule has 1 saturated carbocycles. The largest absolute Gasteiger partial charge is 0.387 e. The van der Waals surface area contributed by atoms with Crippen LogP contribution in [0.3, 0.4) is 0 Å². The molecule has 0 radical (unpaired) electrons. The van der Waals surface area contributed by atoms with Gasteiger partial charge in [0, 0.05) is 37.6 Å². The van der Waals surface area contributed by atoms with Crippen LogP contribution in [0.2, 0.25) is 0 Å². The lowest BCUT2D eigenvalue weighted by atomic mass is 9.73. The number of carbonyl (C=O) groups excluding carboxylic acids is 1. The number of nitrogens with zero attached hydrogens (tertiary/aromatic N) is 5. The van der Waals surface area contributed by atoms with Gasteiger partial charge in [-0.25, -0.2) is 15.0 Å². The summed E-state index contributed by atoms with van der Waals surface area (Å²) in [5, 5.41) is 10.4. The number of aromatic nitrogens is 3. The number of fused-ring (bicyclic) bond motifs is 1. The van der Waals surface area contributed by atoms with Crippen LogP contribution in [0.25, 0.3) is 10.3 Å². The molecule has 0 bridgehead atoms. The Bertz CT molecular complexity index is 960. The number of rotatable bonds is 4. The number of piperazine rings is 1. The number of hydrogen-bond donors (Lipinski definition) is 1. The Morgan fingerprint density at radius 1 is 1.13 bits per heavy atom. The molecule has 4 rings (SSSR count). The van der Waals surface area contributed by atoms with Crippen LogP contribution in [-0.4, -0.2) is 67.5 Å². The maximum atomic E-state index is 12.0.